The third kappa shape index (κ3) is 2.89. The van der Waals surface area contributed by atoms with Crippen molar-refractivity contribution in [3.8, 4) is 5.75 Å². The molecule has 0 saturated carbocycles. The molecule has 4 heteroatoms. The number of ether oxygens (including phenoxy) is 1. The van der Waals surface area contributed by atoms with Crippen LogP contribution in [0.15, 0.2) is 48.8 Å². The molecule has 1 atom stereocenters. The molecule has 0 bridgehead atoms. The van der Waals surface area contributed by atoms with Gasteiger partial charge in [0.2, 0.25) is 5.91 Å². The number of likely N-dealkylation sites (tertiary alicyclic amines) is 1. The predicted octanol–water partition coefficient (Wildman–Crippen LogP) is 2.95. The van der Waals surface area contributed by atoms with Gasteiger partial charge in [-0.1, -0.05) is 12.1 Å². The Labute approximate surface area is 124 Å². The summed E-state index contributed by atoms with van der Waals surface area (Å²) in [4.78, 5) is 18.2. The van der Waals surface area contributed by atoms with Crippen molar-refractivity contribution in [1.29, 1.82) is 0 Å². The molecular formula is C17H18N2O2. The molecule has 0 aliphatic carbocycles. The Hall–Kier alpha value is -2.36. The molecule has 1 amide bonds. The first-order valence-corrected chi connectivity index (χ1v) is 7.10. The zero-order valence-corrected chi connectivity index (χ0v) is 12.0. The largest absolute Gasteiger partial charge is 0.497 e. The minimum Gasteiger partial charge on any atom is -0.497 e. The van der Waals surface area contributed by atoms with Crippen LogP contribution in [0, 0.1) is 0 Å². The Balaban J connectivity index is 1.85. The summed E-state index contributed by atoms with van der Waals surface area (Å²) >= 11 is 0. The second kappa shape index (κ2) is 5.95. The molecule has 0 N–H and O–H groups in total. The highest BCUT2D eigenvalue weighted by Gasteiger charge is 2.32. The van der Waals surface area contributed by atoms with Gasteiger partial charge in [0, 0.05) is 25.4 Å². The Morgan fingerprint density at radius 1 is 1.29 bits per heavy atom. The van der Waals surface area contributed by atoms with E-state index in [1.165, 1.54) is 0 Å². The first-order valence-electron chi connectivity index (χ1n) is 7.10. The number of methoxy groups -OCH3 is 1. The molecule has 1 aliphatic rings. The van der Waals surface area contributed by atoms with Crippen LogP contribution < -0.4 is 4.74 Å². The number of pyridine rings is 1. The summed E-state index contributed by atoms with van der Waals surface area (Å²) in [6.07, 6.45) is 4.98. The summed E-state index contributed by atoms with van der Waals surface area (Å²) in [5.74, 6) is 1.04. The minimum atomic E-state index is 0.126. The quantitative estimate of drug-likeness (QED) is 0.866. The van der Waals surface area contributed by atoms with Crippen molar-refractivity contribution in [1.82, 2.24) is 9.88 Å². The second-order valence-electron chi connectivity index (χ2n) is 5.21. The predicted molar refractivity (Wildman–Crippen MR) is 79.8 cm³/mol. The number of amides is 1. The van der Waals surface area contributed by atoms with Gasteiger partial charge >= 0.3 is 0 Å². The van der Waals surface area contributed by atoms with Crippen molar-refractivity contribution in [3.63, 3.8) is 0 Å². The van der Waals surface area contributed by atoms with Gasteiger partial charge in [-0.25, -0.2) is 0 Å². The van der Waals surface area contributed by atoms with Crippen molar-refractivity contribution in [2.45, 2.75) is 25.4 Å². The van der Waals surface area contributed by atoms with Crippen LogP contribution in [-0.2, 0) is 11.3 Å². The first kappa shape index (κ1) is 13.6. The maximum atomic E-state index is 12.2. The number of nitrogens with zero attached hydrogens (tertiary/aromatic N) is 2. The highest BCUT2D eigenvalue weighted by atomic mass is 16.5. The Morgan fingerprint density at radius 2 is 2.10 bits per heavy atom. The van der Waals surface area contributed by atoms with Crippen LogP contribution in [0.1, 0.15) is 30.0 Å². The first-order chi connectivity index (χ1) is 10.3. The number of benzene rings is 1. The van der Waals surface area contributed by atoms with E-state index in [1.54, 1.807) is 19.5 Å². The number of carbonyl (C=O) groups excluding carboxylic acids is 1. The molecular weight excluding hydrogens is 264 g/mol. The lowest BCUT2D eigenvalue weighted by Gasteiger charge is -2.25. The second-order valence-corrected chi connectivity index (χ2v) is 5.21. The lowest BCUT2D eigenvalue weighted by molar-refractivity contribution is -0.129. The number of rotatable bonds is 4. The van der Waals surface area contributed by atoms with E-state index in [1.807, 2.05) is 35.2 Å². The average molecular weight is 282 g/mol. The van der Waals surface area contributed by atoms with Gasteiger partial charge in [-0.2, -0.15) is 0 Å². The Kier molecular flexibility index (Phi) is 3.86. The molecule has 21 heavy (non-hydrogen) atoms. The van der Waals surface area contributed by atoms with Gasteiger partial charge < -0.3 is 9.64 Å². The molecule has 1 unspecified atom stereocenters. The van der Waals surface area contributed by atoms with Crippen LogP contribution in [0.2, 0.25) is 0 Å². The summed E-state index contributed by atoms with van der Waals surface area (Å²) in [5, 5.41) is 0. The summed E-state index contributed by atoms with van der Waals surface area (Å²) < 4.78 is 5.28. The number of hydrogen-bond donors (Lipinski definition) is 0. The fourth-order valence-electron chi connectivity index (χ4n) is 2.81. The van der Waals surface area contributed by atoms with Crippen molar-refractivity contribution >= 4 is 5.91 Å². The maximum absolute atomic E-state index is 12.2. The van der Waals surface area contributed by atoms with E-state index in [0.717, 1.165) is 23.3 Å². The van der Waals surface area contributed by atoms with Crippen molar-refractivity contribution in [3.05, 3.63) is 59.9 Å². The van der Waals surface area contributed by atoms with E-state index in [-0.39, 0.29) is 11.9 Å². The molecule has 1 fully saturated rings. The monoisotopic (exact) mass is 282 g/mol. The van der Waals surface area contributed by atoms with E-state index >= 15 is 0 Å². The molecule has 108 valence electrons. The smallest absolute Gasteiger partial charge is 0.223 e. The van der Waals surface area contributed by atoms with Crippen LogP contribution in [0.4, 0.5) is 0 Å². The normalized spacial score (nSPS) is 18.0. The van der Waals surface area contributed by atoms with Crippen LogP contribution in [0.5, 0.6) is 5.75 Å². The summed E-state index contributed by atoms with van der Waals surface area (Å²) in [6.45, 7) is 0.628. The maximum Gasteiger partial charge on any atom is 0.223 e. The third-order valence-corrected chi connectivity index (χ3v) is 3.91. The molecule has 1 aromatic heterocycles. The molecule has 4 nitrogen and oxygen atoms in total. The highest BCUT2D eigenvalue weighted by molar-refractivity contribution is 5.79. The fraction of sp³-hybridized carbons (Fsp3) is 0.294. The molecule has 0 spiro atoms. The van der Waals surface area contributed by atoms with E-state index in [4.69, 9.17) is 4.74 Å². The number of aromatic nitrogens is 1. The molecule has 3 rings (SSSR count). The fourth-order valence-corrected chi connectivity index (χ4v) is 2.81. The summed E-state index contributed by atoms with van der Waals surface area (Å²) in [5.41, 5.74) is 2.24. The molecule has 1 aromatic carbocycles. The van der Waals surface area contributed by atoms with E-state index in [0.29, 0.717) is 13.0 Å². The molecule has 1 aliphatic heterocycles. The Morgan fingerprint density at radius 3 is 2.86 bits per heavy atom. The van der Waals surface area contributed by atoms with Crippen molar-refractivity contribution in [2.75, 3.05) is 7.11 Å². The zero-order chi connectivity index (χ0) is 14.7. The van der Waals surface area contributed by atoms with E-state index in [9.17, 15) is 4.79 Å². The standard InChI is InChI=1S/C17H18N2O2/c1-21-15-4-2-3-14(11-15)16-5-6-17(20)19(16)12-13-7-9-18-10-8-13/h2-4,7-11,16H,5-6,12H2,1H3. The van der Waals surface area contributed by atoms with Gasteiger partial charge in [-0.15, -0.1) is 0 Å². The van der Waals surface area contributed by atoms with E-state index < -0.39 is 0 Å². The molecule has 2 heterocycles. The number of carbonyl (C=O) groups is 1. The van der Waals surface area contributed by atoms with Crippen molar-refractivity contribution < 1.29 is 9.53 Å². The van der Waals surface area contributed by atoms with Gasteiger partial charge in [0.1, 0.15) is 5.75 Å². The van der Waals surface area contributed by atoms with Gasteiger partial charge in [0.15, 0.2) is 0 Å². The Bertz CT molecular complexity index is 628. The molecule has 2 aromatic rings. The van der Waals surface area contributed by atoms with Crippen molar-refractivity contribution in [2.24, 2.45) is 0 Å². The average Bonchev–Trinajstić information content (AvgIpc) is 2.89. The van der Waals surface area contributed by atoms with Crippen LogP contribution in [0.3, 0.4) is 0 Å². The topological polar surface area (TPSA) is 42.4 Å². The third-order valence-electron chi connectivity index (χ3n) is 3.91. The van der Waals surface area contributed by atoms with Gasteiger partial charge in [-0.3, -0.25) is 9.78 Å². The van der Waals surface area contributed by atoms with Crippen LogP contribution >= 0.6 is 0 Å². The molecule has 1 saturated heterocycles. The summed E-state index contributed by atoms with van der Waals surface area (Å²) in [7, 11) is 1.66. The highest BCUT2D eigenvalue weighted by Crippen LogP contribution is 2.35. The SMILES string of the molecule is COc1cccc(C2CCC(=O)N2Cc2ccncc2)c1. The lowest BCUT2D eigenvalue weighted by Crippen LogP contribution is -2.27. The molecule has 0 radical (unpaired) electrons. The minimum absolute atomic E-state index is 0.126. The van der Waals surface area contributed by atoms with Crippen LogP contribution in [-0.4, -0.2) is 22.9 Å². The van der Waals surface area contributed by atoms with E-state index in [2.05, 4.69) is 11.1 Å². The van der Waals surface area contributed by atoms with Gasteiger partial charge in [0.05, 0.1) is 13.2 Å². The van der Waals surface area contributed by atoms with Gasteiger partial charge in [0.25, 0.3) is 0 Å². The zero-order valence-electron chi connectivity index (χ0n) is 12.0. The lowest BCUT2D eigenvalue weighted by atomic mass is 10.0. The van der Waals surface area contributed by atoms with Crippen LogP contribution in [0.25, 0.3) is 0 Å². The van der Waals surface area contributed by atoms with Gasteiger partial charge in [-0.05, 0) is 41.8 Å². The summed E-state index contributed by atoms with van der Waals surface area (Å²) in [6, 6.07) is 12.0. The number of hydrogen-bond acceptors (Lipinski definition) is 3.